The van der Waals surface area contributed by atoms with Crippen molar-refractivity contribution in [3.05, 3.63) is 50.8 Å². The molecule has 0 aliphatic carbocycles. The molecule has 2 aliphatic rings. The van der Waals surface area contributed by atoms with Crippen molar-refractivity contribution in [1.82, 2.24) is 15.2 Å². The van der Waals surface area contributed by atoms with Crippen molar-refractivity contribution in [2.24, 2.45) is 0 Å². The quantitative estimate of drug-likeness (QED) is 0.600. The maximum atomic E-state index is 12.8. The lowest BCUT2D eigenvalue weighted by atomic mass is 10.0. The molecule has 2 amide bonds. The van der Waals surface area contributed by atoms with E-state index >= 15 is 0 Å². The van der Waals surface area contributed by atoms with Crippen LogP contribution < -0.4 is 10.6 Å². The zero-order valence-corrected chi connectivity index (χ0v) is 18.3. The predicted octanol–water partition coefficient (Wildman–Crippen LogP) is 3.71. The average molecular weight is 457 g/mol. The summed E-state index contributed by atoms with van der Waals surface area (Å²) in [6.45, 7) is 7.58. The van der Waals surface area contributed by atoms with Crippen molar-refractivity contribution in [3.8, 4) is 0 Å². The van der Waals surface area contributed by atoms with Gasteiger partial charge in [-0.3, -0.25) is 9.59 Å². The summed E-state index contributed by atoms with van der Waals surface area (Å²) in [4.78, 5) is 30.9. The lowest BCUT2D eigenvalue weighted by Gasteiger charge is -2.14. The van der Waals surface area contributed by atoms with Crippen molar-refractivity contribution < 1.29 is 9.59 Å². The normalized spacial score (nSPS) is 17.6. The molecule has 1 saturated heterocycles. The van der Waals surface area contributed by atoms with E-state index in [-0.39, 0.29) is 11.8 Å². The van der Waals surface area contributed by atoms with Crippen molar-refractivity contribution in [3.63, 3.8) is 0 Å². The lowest BCUT2D eigenvalue weighted by Crippen LogP contribution is -2.33. The molecule has 0 bridgehead atoms. The van der Waals surface area contributed by atoms with E-state index in [1.165, 1.54) is 12.8 Å². The summed E-state index contributed by atoms with van der Waals surface area (Å²) < 4.78 is 0.913. The van der Waals surface area contributed by atoms with Crippen LogP contribution in [0, 0.1) is 13.8 Å². The Morgan fingerprint density at radius 3 is 2.79 bits per heavy atom. The fraction of sp³-hybridized carbons (Fsp3) is 0.364. The van der Waals surface area contributed by atoms with E-state index in [1.54, 1.807) is 0 Å². The molecule has 3 heterocycles. The summed E-state index contributed by atoms with van der Waals surface area (Å²) in [5.74, 6) is -0.208. The van der Waals surface area contributed by atoms with E-state index in [9.17, 15) is 9.59 Å². The Kier molecular flexibility index (Phi) is 5.61. The number of aromatic nitrogens is 1. The number of anilines is 1. The number of benzene rings is 1. The number of likely N-dealkylation sites (tertiary alicyclic amines) is 1. The molecule has 2 aromatic rings. The molecule has 29 heavy (non-hydrogen) atoms. The number of hydrogen-bond donors (Lipinski definition) is 3. The number of nitrogens with one attached hydrogen (secondary N) is 3. The van der Waals surface area contributed by atoms with Crippen LogP contribution >= 0.6 is 15.9 Å². The molecule has 0 radical (unpaired) electrons. The van der Waals surface area contributed by atoms with Crippen molar-refractivity contribution >= 4 is 45.1 Å². The van der Waals surface area contributed by atoms with Gasteiger partial charge in [0.2, 0.25) is 0 Å². The van der Waals surface area contributed by atoms with Gasteiger partial charge in [-0.1, -0.05) is 15.9 Å². The number of H-pyrrole nitrogens is 1. The van der Waals surface area contributed by atoms with E-state index in [4.69, 9.17) is 0 Å². The van der Waals surface area contributed by atoms with Crippen LogP contribution in [0.2, 0.25) is 0 Å². The highest BCUT2D eigenvalue weighted by Crippen LogP contribution is 2.35. The number of halogens is 1. The molecular weight excluding hydrogens is 432 g/mol. The third-order valence-corrected chi connectivity index (χ3v) is 6.16. The monoisotopic (exact) mass is 456 g/mol. The third-order valence-electron chi connectivity index (χ3n) is 5.67. The minimum absolute atomic E-state index is 0.0703. The van der Waals surface area contributed by atoms with Gasteiger partial charge in [0.1, 0.15) is 0 Å². The molecule has 4 rings (SSSR count). The van der Waals surface area contributed by atoms with Gasteiger partial charge >= 0.3 is 0 Å². The second-order valence-electron chi connectivity index (χ2n) is 7.67. The average Bonchev–Trinajstić information content (AvgIpc) is 3.36. The second-order valence-corrected chi connectivity index (χ2v) is 8.59. The minimum Gasteiger partial charge on any atom is -0.358 e. The molecule has 1 aromatic carbocycles. The van der Waals surface area contributed by atoms with Crippen LogP contribution in [-0.4, -0.2) is 47.9 Å². The zero-order valence-electron chi connectivity index (χ0n) is 16.7. The number of carbonyl (C=O) groups excluding carboxylic acids is 2. The Balaban J connectivity index is 1.54. The molecule has 6 nitrogen and oxygen atoms in total. The highest BCUT2D eigenvalue weighted by Gasteiger charge is 2.26. The maximum Gasteiger partial charge on any atom is 0.256 e. The van der Waals surface area contributed by atoms with Gasteiger partial charge in [0.25, 0.3) is 11.8 Å². The van der Waals surface area contributed by atoms with Gasteiger partial charge in [0, 0.05) is 40.2 Å². The standard InChI is InChI=1S/C22H25BrN4O2/c1-13-19(12-17-16-11-15(23)5-6-18(16)26-21(17)28)25-14(2)20(13)22(29)24-7-10-27-8-3-4-9-27/h5-6,11-12,25H,3-4,7-10H2,1-2H3,(H,24,29)(H,26,28). The topological polar surface area (TPSA) is 77.2 Å². The molecule has 1 fully saturated rings. The van der Waals surface area contributed by atoms with Crippen LogP contribution in [0.5, 0.6) is 0 Å². The fourth-order valence-corrected chi connectivity index (χ4v) is 4.49. The fourth-order valence-electron chi connectivity index (χ4n) is 4.13. The van der Waals surface area contributed by atoms with Crippen LogP contribution in [0.15, 0.2) is 22.7 Å². The summed E-state index contributed by atoms with van der Waals surface area (Å²) >= 11 is 3.46. The van der Waals surface area contributed by atoms with Gasteiger partial charge in [0.05, 0.1) is 11.1 Å². The first-order valence-electron chi connectivity index (χ1n) is 9.96. The van der Waals surface area contributed by atoms with Crippen molar-refractivity contribution in [1.29, 1.82) is 0 Å². The Labute approximate surface area is 178 Å². The number of rotatable bonds is 5. The Morgan fingerprint density at radius 2 is 2.03 bits per heavy atom. The van der Waals surface area contributed by atoms with Crippen LogP contribution in [0.1, 0.15) is 45.7 Å². The number of amides is 2. The highest BCUT2D eigenvalue weighted by molar-refractivity contribution is 9.10. The van der Waals surface area contributed by atoms with E-state index in [1.807, 2.05) is 38.1 Å². The highest BCUT2D eigenvalue weighted by atomic mass is 79.9. The first kappa shape index (κ1) is 19.9. The Hall–Kier alpha value is -2.38. The van der Waals surface area contributed by atoms with E-state index < -0.39 is 0 Å². The van der Waals surface area contributed by atoms with Crippen LogP contribution in [0.4, 0.5) is 5.69 Å². The van der Waals surface area contributed by atoms with Crippen molar-refractivity contribution in [2.75, 3.05) is 31.5 Å². The smallest absolute Gasteiger partial charge is 0.256 e. The molecule has 0 saturated carbocycles. The first-order valence-corrected chi connectivity index (χ1v) is 10.8. The largest absolute Gasteiger partial charge is 0.358 e. The second kappa shape index (κ2) is 8.16. The summed E-state index contributed by atoms with van der Waals surface area (Å²) in [6, 6.07) is 5.71. The number of carbonyl (C=O) groups is 2. The third kappa shape index (κ3) is 4.02. The number of aryl methyl sites for hydroxylation is 1. The summed E-state index contributed by atoms with van der Waals surface area (Å²) in [5, 5.41) is 5.93. The SMILES string of the molecule is Cc1[nH]c(C=C2C(=O)Nc3ccc(Br)cc32)c(C)c1C(=O)NCCN1CCCC1. The predicted molar refractivity (Wildman–Crippen MR) is 119 cm³/mol. The molecule has 0 atom stereocenters. The number of aromatic amines is 1. The van der Waals surface area contributed by atoms with Crippen LogP contribution in [-0.2, 0) is 4.79 Å². The number of nitrogens with zero attached hydrogens (tertiary/aromatic N) is 1. The van der Waals surface area contributed by atoms with Crippen LogP contribution in [0.25, 0.3) is 11.6 Å². The van der Waals surface area contributed by atoms with E-state index in [0.717, 1.165) is 52.3 Å². The lowest BCUT2D eigenvalue weighted by molar-refractivity contribution is -0.110. The minimum atomic E-state index is -0.138. The first-order chi connectivity index (χ1) is 13.9. The van der Waals surface area contributed by atoms with Gasteiger partial charge in [-0.2, -0.15) is 0 Å². The zero-order chi connectivity index (χ0) is 20.5. The number of hydrogen-bond acceptors (Lipinski definition) is 3. The van der Waals surface area contributed by atoms with E-state index in [2.05, 4.69) is 36.4 Å². The van der Waals surface area contributed by atoms with Crippen LogP contribution in [0.3, 0.4) is 0 Å². The molecule has 0 spiro atoms. The van der Waals surface area contributed by atoms with Gasteiger partial charge in [-0.25, -0.2) is 0 Å². The molecule has 0 unspecified atom stereocenters. The molecule has 3 N–H and O–H groups in total. The molecule has 152 valence electrons. The van der Waals surface area contributed by atoms with Gasteiger partial charge in [-0.05, 0) is 69.6 Å². The van der Waals surface area contributed by atoms with Gasteiger partial charge in [0.15, 0.2) is 0 Å². The Morgan fingerprint density at radius 1 is 1.28 bits per heavy atom. The molecule has 7 heteroatoms. The van der Waals surface area contributed by atoms with Gasteiger partial charge < -0.3 is 20.5 Å². The summed E-state index contributed by atoms with van der Waals surface area (Å²) in [6.07, 6.45) is 4.32. The van der Waals surface area contributed by atoms with Crippen molar-refractivity contribution in [2.45, 2.75) is 26.7 Å². The maximum absolute atomic E-state index is 12.8. The summed E-state index contributed by atoms with van der Waals surface area (Å²) in [5.41, 5.74) is 5.34. The molecular formula is C22H25BrN4O2. The molecule has 1 aromatic heterocycles. The van der Waals surface area contributed by atoms with E-state index in [0.29, 0.717) is 17.7 Å². The molecule has 2 aliphatic heterocycles. The van der Waals surface area contributed by atoms with Gasteiger partial charge in [-0.15, -0.1) is 0 Å². The Bertz CT molecular complexity index is 1000. The number of fused-ring (bicyclic) bond motifs is 1. The summed E-state index contributed by atoms with van der Waals surface area (Å²) in [7, 11) is 0.